The van der Waals surface area contributed by atoms with Gasteiger partial charge < -0.3 is 15.0 Å². The average molecular weight is 290 g/mol. The Labute approximate surface area is 121 Å². The van der Waals surface area contributed by atoms with Gasteiger partial charge in [-0.3, -0.25) is 0 Å². The fourth-order valence-corrected chi connectivity index (χ4v) is 2.33. The third kappa shape index (κ3) is 2.28. The van der Waals surface area contributed by atoms with Crippen molar-refractivity contribution in [3.8, 4) is 5.75 Å². The van der Waals surface area contributed by atoms with E-state index >= 15 is 0 Å². The molecule has 0 unspecified atom stereocenters. The zero-order valence-corrected chi connectivity index (χ0v) is 11.5. The zero-order valence-electron chi connectivity index (χ0n) is 10.8. The highest BCUT2D eigenvalue weighted by molar-refractivity contribution is 6.32. The van der Waals surface area contributed by atoms with Crippen molar-refractivity contribution in [1.29, 1.82) is 0 Å². The minimum Gasteiger partial charge on any atom is -0.410 e. The molecule has 1 aromatic carbocycles. The molecule has 2 heterocycles. The molecule has 5 nitrogen and oxygen atoms in total. The van der Waals surface area contributed by atoms with E-state index in [1.54, 1.807) is 12.1 Å². The van der Waals surface area contributed by atoms with Crippen LogP contribution >= 0.6 is 11.6 Å². The molecule has 0 radical (unpaired) electrons. The third-order valence-electron chi connectivity index (χ3n) is 3.04. The summed E-state index contributed by atoms with van der Waals surface area (Å²) in [7, 11) is 1.50. The van der Waals surface area contributed by atoms with Crippen molar-refractivity contribution in [2.45, 2.75) is 6.54 Å². The highest BCUT2D eigenvalue weighted by atomic mass is 35.5. The van der Waals surface area contributed by atoms with E-state index in [0.717, 1.165) is 17.1 Å². The van der Waals surface area contributed by atoms with Gasteiger partial charge >= 0.3 is 6.09 Å². The van der Waals surface area contributed by atoms with Crippen LogP contribution < -0.4 is 10.1 Å². The number of hydrogen-bond acceptors (Lipinski definition) is 4. The summed E-state index contributed by atoms with van der Waals surface area (Å²) in [6.45, 7) is 0.647. The maximum Gasteiger partial charge on any atom is 0.412 e. The van der Waals surface area contributed by atoms with Crippen molar-refractivity contribution in [3.05, 3.63) is 47.1 Å². The number of carbonyl (C=O) groups is 1. The maximum atomic E-state index is 11.2. The SMILES string of the molecule is CNC(=O)Oc1cc(Cl)c2c(c1)N=C1C=CC=CN1C2. The molecule has 1 amide bonds. The largest absolute Gasteiger partial charge is 0.412 e. The molecule has 0 fully saturated rings. The van der Waals surface area contributed by atoms with Crippen molar-refractivity contribution in [2.24, 2.45) is 4.99 Å². The van der Waals surface area contributed by atoms with E-state index in [-0.39, 0.29) is 0 Å². The van der Waals surface area contributed by atoms with Gasteiger partial charge in [0.1, 0.15) is 11.6 Å². The van der Waals surface area contributed by atoms with Gasteiger partial charge in [-0.15, -0.1) is 0 Å². The number of fused-ring (bicyclic) bond motifs is 2. The molecule has 0 atom stereocenters. The molecular formula is C14H12ClN3O2. The number of amides is 1. The number of nitrogens with one attached hydrogen (secondary N) is 1. The van der Waals surface area contributed by atoms with E-state index in [9.17, 15) is 4.79 Å². The minimum absolute atomic E-state index is 0.376. The summed E-state index contributed by atoms with van der Waals surface area (Å²) in [5.74, 6) is 1.22. The predicted octanol–water partition coefficient (Wildman–Crippen LogP) is 2.99. The molecule has 2 aliphatic rings. The van der Waals surface area contributed by atoms with Gasteiger partial charge in [-0.25, -0.2) is 9.79 Å². The fourth-order valence-electron chi connectivity index (χ4n) is 2.07. The molecule has 0 aliphatic carbocycles. The van der Waals surface area contributed by atoms with Gasteiger partial charge in [0.2, 0.25) is 0 Å². The van der Waals surface area contributed by atoms with Crippen molar-refractivity contribution in [2.75, 3.05) is 7.05 Å². The molecule has 0 saturated heterocycles. The maximum absolute atomic E-state index is 11.2. The summed E-state index contributed by atoms with van der Waals surface area (Å²) in [5, 5.41) is 2.92. The van der Waals surface area contributed by atoms with Crippen molar-refractivity contribution in [1.82, 2.24) is 10.2 Å². The first-order valence-corrected chi connectivity index (χ1v) is 6.47. The Morgan fingerprint density at radius 1 is 1.45 bits per heavy atom. The van der Waals surface area contributed by atoms with Crippen molar-refractivity contribution < 1.29 is 9.53 Å². The number of rotatable bonds is 1. The topological polar surface area (TPSA) is 53.9 Å². The van der Waals surface area contributed by atoms with E-state index in [1.165, 1.54) is 7.05 Å². The molecule has 6 heteroatoms. The van der Waals surface area contributed by atoms with Crippen LogP contribution in [0.3, 0.4) is 0 Å². The molecule has 0 spiro atoms. The number of hydrogen-bond donors (Lipinski definition) is 1. The lowest BCUT2D eigenvalue weighted by Crippen LogP contribution is -2.28. The predicted molar refractivity (Wildman–Crippen MR) is 77.5 cm³/mol. The number of allylic oxidation sites excluding steroid dienone is 2. The Kier molecular flexibility index (Phi) is 3.20. The Hall–Kier alpha value is -2.27. The molecule has 1 N–H and O–H groups in total. The minimum atomic E-state index is -0.536. The van der Waals surface area contributed by atoms with Crippen LogP contribution in [0.2, 0.25) is 5.02 Å². The summed E-state index contributed by atoms with van der Waals surface area (Å²) in [6, 6.07) is 3.34. The average Bonchev–Trinajstić information content (AvgIpc) is 2.45. The lowest BCUT2D eigenvalue weighted by Gasteiger charge is -2.28. The first-order valence-electron chi connectivity index (χ1n) is 6.09. The first kappa shape index (κ1) is 12.7. The Morgan fingerprint density at radius 3 is 3.10 bits per heavy atom. The van der Waals surface area contributed by atoms with E-state index in [4.69, 9.17) is 16.3 Å². The highest BCUT2D eigenvalue weighted by Crippen LogP contribution is 2.36. The highest BCUT2D eigenvalue weighted by Gasteiger charge is 2.21. The van der Waals surface area contributed by atoms with Crippen molar-refractivity contribution >= 4 is 29.2 Å². The van der Waals surface area contributed by atoms with Crippen LogP contribution in [0.5, 0.6) is 5.75 Å². The zero-order chi connectivity index (χ0) is 14.1. The van der Waals surface area contributed by atoms with E-state index in [1.807, 2.05) is 29.3 Å². The van der Waals surface area contributed by atoms with Crippen LogP contribution in [0.4, 0.5) is 10.5 Å². The lowest BCUT2D eigenvalue weighted by atomic mass is 10.1. The first-order chi connectivity index (χ1) is 9.67. The van der Waals surface area contributed by atoms with Crippen LogP contribution in [0.25, 0.3) is 0 Å². The second kappa shape index (κ2) is 5.02. The van der Waals surface area contributed by atoms with Gasteiger partial charge in [-0.05, 0) is 12.2 Å². The van der Waals surface area contributed by atoms with E-state index < -0.39 is 6.09 Å². The molecule has 0 aromatic heterocycles. The molecular weight excluding hydrogens is 278 g/mol. The number of nitrogens with zero attached hydrogens (tertiary/aromatic N) is 2. The fraction of sp³-hybridized carbons (Fsp3) is 0.143. The van der Waals surface area contributed by atoms with Crippen LogP contribution in [-0.4, -0.2) is 23.9 Å². The number of ether oxygens (including phenoxy) is 1. The molecule has 1 aromatic rings. The Balaban J connectivity index is 2.00. The number of halogens is 1. The van der Waals surface area contributed by atoms with Crippen LogP contribution in [0, 0.1) is 0 Å². The summed E-state index contributed by atoms with van der Waals surface area (Å²) in [6.07, 6.45) is 7.20. The third-order valence-corrected chi connectivity index (χ3v) is 3.38. The van der Waals surface area contributed by atoms with Gasteiger partial charge in [0, 0.05) is 30.9 Å². The normalized spacial score (nSPS) is 15.3. The van der Waals surface area contributed by atoms with Gasteiger partial charge in [-0.2, -0.15) is 0 Å². The quantitative estimate of drug-likeness (QED) is 0.865. The van der Waals surface area contributed by atoms with Gasteiger partial charge in [0.15, 0.2) is 0 Å². The number of benzene rings is 1. The molecule has 0 saturated carbocycles. The van der Waals surface area contributed by atoms with Crippen LogP contribution in [-0.2, 0) is 6.54 Å². The Morgan fingerprint density at radius 2 is 2.30 bits per heavy atom. The second-order valence-electron chi connectivity index (χ2n) is 4.34. The number of aliphatic imine (C=N–C) groups is 1. The molecule has 102 valence electrons. The van der Waals surface area contributed by atoms with E-state index in [0.29, 0.717) is 17.3 Å². The summed E-state index contributed by atoms with van der Waals surface area (Å²) < 4.78 is 5.10. The molecule has 2 aliphatic heterocycles. The van der Waals surface area contributed by atoms with Gasteiger partial charge in [0.05, 0.1) is 17.3 Å². The molecule has 0 bridgehead atoms. The van der Waals surface area contributed by atoms with Crippen molar-refractivity contribution in [3.63, 3.8) is 0 Å². The van der Waals surface area contributed by atoms with Gasteiger partial charge in [-0.1, -0.05) is 17.7 Å². The number of carbonyl (C=O) groups excluding carboxylic acids is 1. The second-order valence-corrected chi connectivity index (χ2v) is 4.75. The lowest BCUT2D eigenvalue weighted by molar-refractivity contribution is 0.203. The molecule has 20 heavy (non-hydrogen) atoms. The summed E-state index contributed by atoms with van der Waals surface area (Å²) in [5.41, 5.74) is 1.64. The van der Waals surface area contributed by atoms with E-state index in [2.05, 4.69) is 10.3 Å². The smallest absolute Gasteiger partial charge is 0.410 e. The van der Waals surface area contributed by atoms with Crippen LogP contribution in [0.15, 0.2) is 41.6 Å². The standard InChI is InChI=1S/C14H12ClN3O2/c1-16-14(19)20-9-6-11(15)10-8-18-5-3-2-4-13(18)17-12(10)7-9/h2-7H,8H2,1H3,(H,16,19). The number of amidine groups is 1. The van der Waals surface area contributed by atoms with Gasteiger partial charge in [0.25, 0.3) is 0 Å². The molecule has 3 rings (SSSR count). The Bertz CT molecular complexity index is 665. The summed E-state index contributed by atoms with van der Waals surface area (Å²) >= 11 is 6.26. The van der Waals surface area contributed by atoms with Crippen LogP contribution in [0.1, 0.15) is 5.56 Å². The monoisotopic (exact) mass is 289 g/mol. The summed E-state index contributed by atoms with van der Waals surface area (Å²) in [4.78, 5) is 17.8.